The number of carbonyl (C=O) groups is 1. The Hall–Kier alpha value is -3.26. The molecule has 1 aliphatic heterocycles. The molecular weight excluding hydrogens is 401 g/mol. The topological polar surface area (TPSA) is 73.1 Å². The fourth-order valence-corrected chi connectivity index (χ4v) is 4.01. The number of thiocarbonyl (C=S) groups is 1. The summed E-state index contributed by atoms with van der Waals surface area (Å²) in [5, 5.41) is 6.53. The molecule has 1 saturated heterocycles. The van der Waals surface area contributed by atoms with E-state index in [0.29, 0.717) is 11.7 Å². The van der Waals surface area contributed by atoms with E-state index in [1.54, 1.807) is 18.3 Å². The van der Waals surface area contributed by atoms with E-state index in [0.717, 1.165) is 17.1 Å². The third-order valence-corrected chi connectivity index (χ3v) is 5.45. The maximum atomic E-state index is 13.8. The molecule has 0 aliphatic carbocycles. The Morgan fingerprint density at radius 3 is 2.70 bits per heavy atom. The summed E-state index contributed by atoms with van der Waals surface area (Å²) in [7, 11) is 0. The van der Waals surface area contributed by atoms with Crippen molar-refractivity contribution in [3.63, 3.8) is 0 Å². The predicted octanol–water partition coefficient (Wildman–Crippen LogP) is 3.86. The molecule has 3 heterocycles. The molecule has 30 heavy (non-hydrogen) atoms. The third kappa shape index (κ3) is 4.18. The fourth-order valence-electron chi connectivity index (χ4n) is 3.68. The van der Waals surface area contributed by atoms with E-state index in [4.69, 9.17) is 12.2 Å². The minimum Gasteiger partial charge on any atom is -0.361 e. The number of H-pyrrole nitrogens is 1. The molecule has 3 aromatic rings. The Bertz CT molecular complexity index is 1050. The molecule has 0 saturated carbocycles. The molecule has 3 N–H and O–H groups in total. The van der Waals surface area contributed by atoms with Gasteiger partial charge in [0, 0.05) is 30.6 Å². The number of aromatic nitrogens is 2. The Kier molecular flexibility index (Phi) is 5.76. The molecule has 0 unspecified atom stereocenters. The second kappa shape index (κ2) is 8.62. The maximum Gasteiger partial charge on any atom is 0.226 e. The number of aromatic amines is 1. The largest absolute Gasteiger partial charge is 0.361 e. The summed E-state index contributed by atoms with van der Waals surface area (Å²) in [5.41, 5.74) is 3.08. The standard InChI is InChI=1S/C22H22FN5OS/c1-14-9-10-18(25-14)21-20(17-8-4-5-12-24-17)27-22(30)28(21)13-11-19(29)26-16-7-3-2-6-15(16)23/h2-10,12,20-21,25H,11,13H2,1H3,(H,26,29)(H,27,30)/t20-,21-/m1/s1. The summed E-state index contributed by atoms with van der Waals surface area (Å²) in [6, 6.07) is 15.6. The number of anilines is 1. The molecule has 1 amide bonds. The third-order valence-electron chi connectivity index (χ3n) is 5.10. The number of benzene rings is 1. The van der Waals surface area contributed by atoms with Crippen LogP contribution < -0.4 is 10.6 Å². The number of aryl methyl sites for hydroxylation is 1. The van der Waals surface area contributed by atoms with Crippen LogP contribution >= 0.6 is 12.2 Å². The average Bonchev–Trinajstić information content (AvgIpc) is 3.31. The van der Waals surface area contributed by atoms with Crippen LogP contribution in [-0.2, 0) is 4.79 Å². The normalized spacial score (nSPS) is 18.3. The van der Waals surface area contributed by atoms with Crippen LogP contribution in [0.3, 0.4) is 0 Å². The molecule has 154 valence electrons. The van der Waals surface area contributed by atoms with Gasteiger partial charge in [-0.05, 0) is 55.5 Å². The SMILES string of the molecule is Cc1ccc([C@@H]2[C@@H](c3ccccn3)NC(=S)N2CCC(=O)Nc2ccccc2F)[nH]1. The van der Waals surface area contributed by atoms with Gasteiger partial charge < -0.3 is 20.5 Å². The van der Waals surface area contributed by atoms with Crippen molar-refractivity contribution in [2.75, 3.05) is 11.9 Å². The zero-order valence-corrected chi connectivity index (χ0v) is 17.2. The van der Waals surface area contributed by atoms with Crippen molar-refractivity contribution in [1.29, 1.82) is 0 Å². The number of carbonyl (C=O) groups excluding carboxylic acids is 1. The molecule has 1 aliphatic rings. The molecule has 1 fully saturated rings. The first-order valence-electron chi connectivity index (χ1n) is 9.71. The van der Waals surface area contributed by atoms with Crippen LogP contribution in [0.15, 0.2) is 60.8 Å². The van der Waals surface area contributed by atoms with Crippen molar-refractivity contribution in [3.05, 3.63) is 83.7 Å². The van der Waals surface area contributed by atoms with Gasteiger partial charge in [-0.2, -0.15) is 0 Å². The van der Waals surface area contributed by atoms with Crippen LogP contribution in [0.5, 0.6) is 0 Å². The summed E-state index contributed by atoms with van der Waals surface area (Å²) in [4.78, 5) is 22.3. The van der Waals surface area contributed by atoms with Gasteiger partial charge in [0.25, 0.3) is 0 Å². The Labute approximate surface area is 179 Å². The maximum absolute atomic E-state index is 13.8. The van der Waals surface area contributed by atoms with E-state index >= 15 is 0 Å². The number of para-hydroxylation sites is 1. The Morgan fingerprint density at radius 2 is 2.00 bits per heavy atom. The lowest BCUT2D eigenvalue weighted by Crippen LogP contribution is -2.33. The van der Waals surface area contributed by atoms with E-state index in [1.165, 1.54) is 12.1 Å². The first-order valence-corrected chi connectivity index (χ1v) is 10.1. The number of nitrogens with one attached hydrogen (secondary N) is 3. The molecule has 0 radical (unpaired) electrons. The Morgan fingerprint density at radius 1 is 1.20 bits per heavy atom. The smallest absolute Gasteiger partial charge is 0.226 e. The van der Waals surface area contributed by atoms with E-state index in [2.05, 4.69) is 20.6 Å². The first-order chi connectivity index (χ1) is 14.5. The van der Waals surface area contributed by atoms with Crippen molar-refractivity contribution in [2.45, 2.75) is 25.4 Å². The number of pyridine rings is 1. The van der Waals surface area contributed by atoms with Gasteiger partial charge in [-0.1, -0.05) is 18.2 Å². The number of hydrogen-bond acceptors (Lipinski definition) is 3. The van der Waals surface area contributed by atoms with E-state index in [-0.39, 0.29) is 30.1 Å². The number of hydrogen-bond donors (Lipinski definition) is 3. The highest BCUT2D eigenvalue weighted by Gasteiger charge is 2.40. The van der Waals surface area contributed by atoms with Gasteiger partial charge in [0.2, 0.25) is 5.91 Å². The molecule has 4 rings (SSSR count). The predicted molar refractivity (Wildman–Crippen MR) is 117 cm³/mol. The minimum absolute atomic E-state index is 0.137. The van der Waals surface area contributed by atoms with E-state index in [9.17, 15) is 9.18 Å². The van der Waals surface area contributed by atoms with Crippen molar-refractivity contribution in [1.82, 2.24) is 20.2 Å². The Balaban J connectivity index is 1.52. The molecule has 2 atom stereocenters. The van der Waals surface area contributed by atoms with Gasteiger partial charge in [-0.3, -0.25) is 9.78 Å². The second-order valence-corrected chi connectivity index (χ2v) is 7.58. The van der Waals surface area contributed by atoms with Crippen molar-refractivity contribution < 1.29 is 9.18 Å². The summed E-state index contributed by atoms with van der Waals surface area (Å²) < 4.78 is 13.8. The molecule has 6 nitrogen and oxygen atoms in total. The number of rotatable bonds is 6. The van der Waals surface area contributed by atoms with Crippen molar-refractivity contribution in [2.24, 2.45) is 0 Å². The van der Waals surface area contributed by atoms with Gasteiger partial charge >= 0.3 is 0 Å². The monoisotopic (exact) mass is 423 g/mol. The van der Waals surface area contributed by atoms with Gasteiger partial charge in [-0.25, -0.2) is 4.39 Å². The minimum atomic E-state index is -0.459. The molecule has 1 aromatic carbocycles. The second-order valence-electron chi connectivity index (χ2n) is 7.19. The average molecular weight is 424 g/mol. The van der Waals surface area contributed by atoms with Crippen LogP contribution in [0.2, 0.25) is 0 Å². The van der Waals surface area contributed by atoms with Gasteiger partial charge in [0.05, 0.1) is 23.5 Å². The van der Waals surface area contributed by atoms with Gasteiger partial charge in [-0.15, -0.1) is 0 Å². The van der Waals surface area contributed by atoms with Gasteiger partial charge in [0.15, 0.2) is 5.11 Å². The van der Waals surface area contributed by atoms with Crippen LogP contribution in [0.4, 0.5) is 10.1 Å². The van der Waals surface area contributed by atoms with Crippen LogP contribution in [-0.4, -0.2) is 32.4 Å². The zero-order valence-electron chi connectivity index (χ0n) is 16.4. The lowest BCUT2D eigenvalue weighted by molar-refractivity contribution is -0.116. The zero-order chi connectivity index (χ0) is 21.1. The quantitative estimate of drug-likeness (QED) is 0.525. The first kappa shape index (κ1) is 20.0. The van der Waals surface area contributed by atoms with E-state index in [1.807, 2.05) is 42.2 Å². The lowest BCUT2D eigenvalue weighted by atomic mass is 10.0. The molecule has 0 bridgehead atoms. The molecular formula is C22H22FN5OS. The lowest BCUT2D eigenvalue weighted by Gasteiger charge is -2.26. The van der Waals surface area contributed by atoms with Crippen molar-refractivity contribution in [3.8, 4) is 0 Å². The summed E-state index contributed by atoms with van der Waals surface area (Å²) >= 11 is 5.59. The molecule has 8 heteroatoms. The van der Waals surface area contributed by atoms with Crippen LogP contribution in [0.1, 0.15) is 35.6 Å². The number of nitrogens with zero attached hydrogens (tertiary/aromatic N) is 2. The van der Waals surface area contributed by atoms with Crippen molar-refractivity contribution >= 4 is 28.9 Å². The number of amides is 1. The summed E-state index contributed by atoms with van der Waals surface area (Å²) in [6.07, 6.45) is 1.92. The van der Waals surface area contributed by atoms with Crippen LogP contribution in [0, 0.1) is 12.7 Å². The van der Waals surface area contributed by atoms with Gasteiger partial charge in [0.1, 0.15) is 5.82 Å². The highest BCUT2D eigenvalue weighted by molar-refractivity contribution is 7.80. The summed E-state index contributed by atoms with van der Waals surface area (Å²) in [6.45, 7) is 2.38. The molecule has 2 aromatic heterocycles. The highest BCUT2D eigenvalue weighted by Crippen LogP contribution is 2.38. The summed E-state index contributed by atoms with van der Waals surface area (Å²) in [5.74, 6) is -0.732. The molecule has 0 spiro atoms. The number of halogens is 1. The van der Waals surface area contributed by atoms with Crippen LogP contribution in [0.25, 0.3) is 0 Å². The fraction of sp³-hybridized carbons (Fsp3) is 0.227. The van der Waals surface area contributed by atoms with E-state index < -0.39 is 5.82 Å². The highest BCUT2D eigenvalue weighted by atomic mass is 32.1.